The summed E-state index contributed by atoms with van der Waals surface area (Å²) in [6.45, 7) is 0. The molecule has 3 rings (SSSR count). The molecular formula is C17H17Br2NO. The highest BCUT2D eigenvalue weighted by Gasteiger charge is 2.21. The van der Waals surface area contributed by atoms with Crippen LogP contribution in [0.25, 0.3) is 0 Å². The fraction of sp³-hybridized carbons (Fsp3) is 0.294. The quantitative estimate of drug-likeness (QED) is 0.699. The molecule has 0 saturated carbocycles. The minimum Gasteiger partial charge on any atom is -0.497 e. The van der Waals surface area contributed by atoms with Crippen LogP contribution in [0.3, 0.4) is 0 Å². The lowest BCUT2D eigenvalue weighted by atomic mass is 9.87. The van der Waals surface area contributed by atoms with Crippen LogP contribution in [0, 0.1) is 0 Å². The summed E-state index contributed by atoms with van der Waals surface area (Å²) in [5.41, 5.74) is 3.91. The predicted molar refractivity (Wildman–Crippen MR) is 94.1 cm³/mol. The molecule has 0 aliphatic heterocycles. The van der Waals surface area contributed by atoms with Gasteiger partial charge in [-0.25, -0.2) is 0 Å². The Bertz CT molecular complexity index is 657. The zero-order chi connectivity index (χ0) is 14.8. The minimum absolute atomic E-state index is 0.358. The molecule has 0 heterocycles. The third kappa shape index (κ3) is 3.27. The Morgan fingerprint density at radius 3 is 2.76 bits per heavy atom. The maximum atomic E-state index is 5.33. The van der Waals surface area contributed by atoms with Crippen molar-refractivity contribution in [3.63, 3.8) is 0 Å². The number of ether oxygens (including phenoxy) is 1. The predicted octanol–water partition coefficient (Wildman–Crippen LogP) is 5.71. The van der Waals surface area contributed by atoms with E-state index in [1.807, 2.05) is 0 Å². The molecular weight excluding hydrogens is 394 g/mol. The number of hydrogen-bond acceptors (Lipinski definition) is 2. The molecule has 0 spiro atoms. The van der Waals surface area contributed by atoms with Crippen molar-refractivity contribution in [2.24, 2.45) is 0 Å². The number of aryl methyl sites for hydroxylation is 1. The number of fused-ring (bicyclic) bond motifs is 1. The van der Waals surface area contributed by atoms with Crippen molar-refractivity contribution < 1.29 is 4.74 Å². The van der Waals surface area contributed by atoms with Crippen molar-refractivity contribution in [1.29, 1.82) is 0 Å². The van der Waals surface area contributed by atoms with E-state index in [1.165, 1.54) is 17.5 Å². The number of rotatable bonds is 3. The average Bonchev–Trinajstić information content (AvgIpc) is 2.49. The van der Waals surface area contributed by atoms with Crippen LogP contribution in [0.1, 0.15) is 30.0 Å². The number of nitrogens with one attached hydrogen (secondary N) is 1. The number of anilines is 1. The maximum Gasteiger partial charge on any atom is 0.119 e. The fourth-order valence-corrected chi connectivity index (χ4v) is 4.02. The highest BCUT2D eigenvalue weighted by molar-refractivity contribution is 9.11. The van der Waals surface area contributed by atoms with E-state index in [9.17, 15) is 0 Å². The van der Waals surface area contributed by atoms with E-state index in [0.717, 1.165) is 33.2 Å². The molecule has 0 radical (unpaired) electrons. The molecule has 1 N–H and O–H groups in total. The molecule has 0 fully saturated rings. The summed E-state index contributed by atoms with van der Waals surface area (Å²) in [6, 6.07) is 13.0. The molecule has 1 atom stereocenters. The van der Waals surface area contributed by atoms with Crippen LogP contribution in [0.2, 0.25) is 0 Å². The van der Waals surface area contributed by atoms with Gasteiger partial charge in [0.2, 0.25) is 0 Å². The molecule has 0 amide bonds. The van der Waals surface area contributed by atoms with Crippen LogP contribution in [-0.2, 0) is 6.42 Å². The average molecular weight is 411 g/mol. The van der Waals surface area contributed by atoms with Gasteiger partial charge in [-0.3, -0.25) is 0 Å². The zero-order valence-electron chi connectivity index (χ0n) is 11.8. The summed E-state index contributed by atoms with van der Waals surface area (Å²) in [4.78, 5) is 0. The minimum atomic E-state index is 0.358. The van der Waals surface area contributed by atoms with Crippen molar-refractivity contribution in [3.05, 3.63) is 56.5 Å². The largest absolute Gasteiger partial charge is 0.497 e. The van der Waals surface area contributed by atoms with Crippen LogP contribution in [-0.4, -0.2) is 7.11 Å². The standard InChI is InChI=1S/C17H17Br2NO/c1-21-13-6-7-14-11(9-13)3-2-4-16(14)20-17-8-5-12(18)10-15(17)19/h5-10,16,20H,2-4H2,1H3. The first-order valence-corrected chi connectivity index (χ1v) is 8.64. The van der Waals surface area contributed by atoms with E-state index in [2.05, 4.69) is 73.6 Å². The molecule has 1 aliphatic carbocycles. The number of halogens is 2. The molecule has 110 valence electrons. The van der Waals surface area contributed by atoms with Crippen molar-refractivity contribution in [1.82, 2.24) is 0 Å². The zero-order valence-corrected chi connectivity index (χ0v) is 15.0. The summed E-state index contributed by atoms with van der Waals surface area (Å²) in [5.74, 6) is 0.944. The van der Waals surface area contributed by atoms with Crippen LogP contribution in [0.4, 0.5) is 5.69 Å². The summed E-state index contributed by atoms with van der Waals surface area (Å²) < 4.78 is 7.49. The van der Waals surface area contributed by atoms with Crippen molar-refractivity contribution in [3.8, 4) is 5.75 Å². The monoisotopic (exact) mass is 409 g/mol. The first-order valence-electron chi connectivity index (χ1n) is 7.06. The van der Waals surface area contributed by atoms with Crippen LogP contribution < -0.4 is 10.1 Å². The fourth-order valence-electron chi connectivity index (χ4n) is 2.86. The Balaban J connectivity index is 1.88. The summed E-state index contributed by atoms with van der Waals surface area (Å²) in [7, 11) is 1.72. The van der Waals surface area contributed by atoms with Gasteiger partial charge in [0.15, 0.2) is 0 Å². The third-order valence-electron chi connectivity index (χ3n) is 3.93. The second-order valence-corrected chi connectivity index (χ2v) is 7.05. The van der Waals surface area contributed by atoms with E-state index in [-0.39, 0.29) is 0 Å². The van der Waals surface area contributed by atoms with Gasteiger partial charge < -0.3 is 10.1 Å². The second kappa shape index (κ2) is 6.41. The van der Waals surface area contributed by atoms with Crippen molar-refractivity contribution in [2.75, 3.05) is 12.4 Å². The molecule has 2 aromatic rings. The lowest BCUT2D eigenvalue weighted by Crippen LogP contribution is -2.17. The van der Waals surface area contributed by atoms with Gasteiger partial charge in [-0.15, -0.1) is 0 Å². The Morgan fingerprint density at radius 2 is 2.00 bits per heavy atom. The molecule has 2 aromatic carbocycles. The van der Waals surface area contributed by atoms with Gasteiger partial charge in [0.1, 0.15) is 5.75 Å². The van der Waals surface area contributed by atoms with Gasteiger partial charge in [0.05, 0.1) is 13.2 Å². The molecule has 2 nitrogen and oxygen atoms in total. The first-order chi connectivity index (χ1) is 10.2. The molecule has 21 heavy (non-hydrogen) atoms. The molecule has 4 heteroatoms. The lowest BCUT2D eigenvalue weighted by Gasteiger charge is -2.28. The number of hydrogen-bond donors (Lipinski definition) is 1. The van der Waals surface area contributed by atoms with Gasteiger partial charge >= 0.3 is 0 Å². The smallest absolute Gasteiger partial charge is 0.119 e. The topological polar surface area (TPSA) is 21.3 Å². The van der Waals surface area contributed by atoms with E-state index < -0.39 is 0 Å². The van der Waals surface area contributed by atoms with Gasteiger partial charge in [-0.2, -0.15) is 0 Å². The van der Waals surface area contributed by atoms with Gasteiger partial charge in [-0.05, 0) is 76.7 Å². The SMILES string of the molecule is COc1ccc2c(c1)CCCC2Nc1ccc(Br)cc1Br. The van der Waals surface area contributed by atoms with Crippen LogP contribution in [0.5, 0.6) is 5.75 Å². The van der Waals surface area contributed by atoms with E-state index in [1.54, 1.807) is 7.11 Å². The molecule has 1 unspecified atom stereocenters. The van der Waals surface area contributed by atoms with Gasteiger partial charge in [0.25, 0.3) is 0 Å². The molecule has 0 aromatic heterocycles. The first kappa shape index (κ1) is 14.9. The molecule has 1 aliphatic rings. The van der Waals surface area contributed by atoms with Gasteiger partial charge in [0, 0.05) is 14.6 Å². The van der Waals surface area contributed by atoms with E-state index >= 15 is 0 Å². The van der Waals surface area contributed by atoms with Crippen molar-refractivity contribution in [2.45, 2.75) is 25.3 Å². The normalized spacial score (nSPS) is 17.2. The summed E-state index contributed by atoms with van der Waals surface area (Å²) in [6.07, 6.45) is 3.49. The van der Waals surface area contributed by atoms with Gasteiger partial charge in [-0.1, -0.05) is 22.0 Å². The maximum absolute atomic E-state index is 5.33. The van der Waals surface area contributed by atoms with E-state index in [4.69, 9.17) is 4.74 Å². The highest BCUT2D eigenvalue weighted by atomic mass is 79.9. The Labute approximate surface area is 142 Å². The van der Waals surface area contributed by atoms with Crippen LogP contribution in [0.15, 0.2) is 45.3 Å². The Morgan fingerprint density at radius 1 is 1.14 bits per heavy atom. The highest BCUT2D eigenvalue weighted by Crippen LogP contribution is 2.36. The second-order valence-electron chi connectivity index (χ2n) is 5.28. The number of methoxy groups -OCH3 is 1. The molecule has 0 saturated heterocycles. The Hall–Kier alpha value is -1.000. The van der Waals surface area contributed by atoms with Crippen molar-refractivity contribution >= 4 is 37.5 Å². The third-order valence-corrected chi connectivity index (χ3v) is 5.07. The van der Waals surface area contributed by atoms with Crippen LogP contribution >= 0.6 is 31.9 Å². The Kier molecular flexibility index (Phi) is 4.55. The lowest BCUT2D eigenvalue weighted by molar-refractivity contribution is 0.413. The number of benzene rings is 2. The summed E-state index contributed by atoms with van der Waals surface area (Å²) >= 11 is 7.12. The molecule has 0 bridgehead atoms. The van der Waals surface area contributed by atoms with E-state index in [0.29, 0.717) is 6.04 Å². The summed E-state index contributed by atoms with van der Waals surface area (Å²) in [5, 5.41) is 3.66.